The molecule has 0 N–H and O–H groups in total. The van der Waals surface area contributed by atoms with E-state index in [1.165, 1.54) is 5.56 Å². The van der Waals surface area contributed by atoms with Crippen molar-refractivity contribution in [3.05, 3.63) is 29.3 Å². The molecular formula is C8H11O2P. The molecule has 1 unspecified atom stereocenters. The number of aryl methyl sites for hydroxylation is 1. The molecular weight excluding hydrogens is 159 g/mol. The average Bonchev–Trinajstić information content (AvgIpc) is 1.99. The third-order valence-electron chi connectivity index (χ3n) is 1.69. The molecule has 11 heavy (non-hydrogen) atoms. The Morgan fingerprint density at radius 1 is 1.27 bits per heavy atom. The highest BCUT2D eigenvalue weighted by Crippen LogP contribution is 2.20. The Kier molecular flexibility index (Phi) is 2.86. The van der Waals surface area contributed by atoms with Crippen LogP contribution in [0.15, 0.2) is 18.2 Å². The smallest absolute Gasteiger partial charge is 0.168 e. The highest BCUT2D eigenvalue weighted by atomic mass is 31.0. The van der Waals surface area contributed by atoms with Crippen molar-refractivity contribution in [2.75, 3.05) is 0 Å². The van der Waals surface area contributed by atoms with Gasteiger partial charge in [-0.05, 0) is 31.0 Å². The molecule has 0 saturated heterocycles. The van der Waals surface area contributed by atoms with Gasteiger partial charge < -0.3 is 4.89 Å². The lowest BCUT2D eigenvalue weighted by Gasteiger charge is -2.05. The van der Waals surface area contributed by atoms with E-state index >= 15 is 0 Å². The Labute approximate surface area is 68.7 Å². The summed E-state index contributed by atoms with van der Waals surface area (Å²) in [7, 11) is 2.04. The van der Waals surface area contributed by atoms with E-state index in [9.17, 15) is 0 Å². The van der Waals surface area contributed by atoms with Gasteiger partial charge in [-0.3, -0.25) is 0 Å². The molecule has 0 aliphatic rings. The Hall–Kier alpha value is -0.590. The van der Waals surface area contributed by atoms with E-state index in [0.717, 1.165) is 11.3 Å². The molecule has 0 aliphatic heterocycles. The predicted molar refractivity (Wildman–Crippen MR) is 47.3 cm³/mol. The van der Waals surface area contributed by atoms with Gasteiger partial charge in [-0.25, -0.2) is 0 Å². The Balaban J connectivity index is 2.96. The van der Waals surface area contributed by atoms with Crippen molar-refractivity contribution in [2.45, 2.75) is 13.8 Å². The third kappa shape index (κ3) is 1.92. The third-order valence-corrected chi connectivity index (χ3v) is 1.79. The molecule has 3 heteroatoms. The van der Waals surface area contributed by atoms with E-state index in [0.29, 0.717) is 0 Å². The summed E-state index contributed by atoms with van der Waals surface area (Å²) >= 11 is 0. The van der Waals surface area contributed by atoms with Gasteiger partial charge in [-0.2, -0.15) is 4.67 Å². The Morgan fingerprint density at radius 2 is 2.00 bits per heavy atom. The van der Waals surface area contributed by atoms with Gasteiger partial charge in [0.25, 0.3) is 0 Å². The van der Waals surface area contributed by atoms with Crippen LogP contribution in [-0.2, 0) is 4.67 Å². The van der Waals surface area contributed by atoms with Crippen molar-refractivity contribution in [1.82, 2.24) is 0 Å². The number of rotatable bonds is 2. The zero-order valence-corrected chi connectivity index (χ0v) is 7.78. The first kappa shape index (κ1) is 8.51. The van der Waals surface area contributed by atoms with E-state index in [4.69, 9.17) is 4.89 Å². The van der Waals surface area contributed by atoms with E-state index in [1.807, 2.05) is 41.5 Å². The highest BCUT2D eigenvalue weighted by molar-refractivity contribution is 7.09. The van der Waals surface area contributed by atoms with Gasteiger partial charge in [0.15, 0.2) is 5.75 Å². The number of benzene rings is 1. The first-order valence-corrected chi connectivity index (χ1v) is 3.82. The molecule has 0 heterocycles. The maximum absolute atomic E-state index is 4.88. The van der Waals surface area contributed by atoms with Crippen molar-refractivity contribution in [3.63, 3.8) is 0 Å². The fraction of sp³-hybridized carbons (Fsp3) is 0.250. The Morgan fingerprint density at radius 3 is 2.64 bits per heavy atom. The fourth-order valence-corrected chi connectivity index (χ4v) is 0.970. The van der Waals surface area contributed by atoms with Gasteiger partial charge in [0.2, 0.25) is 0 Å². The van der Waals surface area contributed by atoms with Gasteiger partial charge in [-0.15, -0.1) is 0 Å². The van der Waals surface area contributed by atoms with Crippen LogP contribution >= 0.6 is 9.47 Å². The minimum atomic E-state index is 0.764. The van der Waals surface area contributed by atoms with Crippen molar-refractivity contribution >= 4 is 9.47 Å². The van der Waals surface area contributed by atoms with E-state index in [1.54, 1.807) is 0 Å². The maximum atomic E-state index is 4.88. The van der Waals surface area contributed by atoms with Crippen molar-refractivity contribution < 1.29 is 9.56 Å². The standard InChI is InChI=1S/C8H11O2P/c1-6-4-3-5-8(7(6)2)9-10-11/h3-5H,11H2,1-2H3. The number of hydrogen-bond acceptors (Lipinski definition) is 2. The van der Waals surface area contributed by atoms with Crippen LogP contribution in [0.5, 0.6) is 5.75 Å². The number of hydrogen-bond donors (Lipinski definition) is 0. The van der Waals surface area contributed by atoms with Crippen LogP contribution in [0, 0.1) is 13.8 Å². The molecule has 0 radical (unpaired) electrons. The maximum Gasteiger partial charge on any atom is 0.168 e. The van der Waals surface area contributed by atoms with Crippen LogP contribution in [-0.4, -0.2) is 0 Å². The minimum absolute atomic E-state index is 0.764. The SMILES string of the molecule is Cc1cccc(OOP)c1C. The van der Waals surface area contributed by atoms with Gasteiger partial charge in [0.1, 0.15) is 0 Å². The zero-order valence-electron chi connectivity index (χ0n) is 6.63. The second-order valence-electron chi connectivity index (χ2n) is 2.38. The average molecular weight is 170 g/mol. The molecule has 0 amide bonds. The highest BCUT2D eigenvalue weighted by Gasteiger charge is 2.00. The summed E-state index contributed by atoms with van der Waals surface area (Å²) in [5.74, 6) is 0.764. The quantitative estimate of drug-likeness (QED) is 0.385. The molecule has 2 nitrogen and oxygen atoms in total. The molecule has 0 spiro atoms. The monoisotopic (exact) mass is 170 g/mol. The summed E-state index contributed by atoms with van der Waals surface area (Å²) in [6, 6.07) is 5.83. The lowest BCUT2D eigenvalue weighted by Crippen LogP contribution is -1.90. The van der Waals surface area contributed by atoms with Gasteiger partial charge in [-0.1, -0.05) is 12.1 Å². The van der Waals surface area contributed by atoms with Gasteiger partial charge in [0, 0.05) is 0 Å². The van der Waals surface area contributed by atoms with Crippen molar-refractivity contribution in [1.29, 1.82) is 0 Å². The van der Waals surface area contributed by atoms with E-state index < -0.39 is 0 Å². The Bertz CT molecular complexity index is 248. The second kappa shape index (κ2) is 3.70. The first-order chi connectivity index (χ1) is 5.25. The fourth-order valence-electron chi connectivity index (χ4n) is 0.866. The molecule has 1 aromatic rings. The van der Waals surface area contributed by atoms with Crippen LogP contribution in [0.25, 0.3) is 0 Å². The lowest BCUT2D eigenvalue weighted by molar-refractivity contribution is -0.0806. The van der Waals surface area contributed by atoms with E-state index in [2.05, 4.69) is 4.67 Å². The lowest BCUT2D eigenvalue weighted by atomic mass is 10.1. The largest absolute Gasteiger partial charge is 0.335 e. The van der Waals surface area contributed by atoms with Crippen molar-refractivity contribution in [3.8, 4) is 5.75 Å². The summed E-state index contributed by atoms with van der Waals surface area (Å²) in [5.41, 5.74) is 2.31. The van der Waals surface area contributed by atoms with Crippen LogP contribution in [0.4, 0.5) is 0 Å². The molecule has 0 bridgehead atoms. The van der Waals surface area contributed by atoms with Crippen LogP contribution in [0.2, 0.25) is 0 Å². The molecule has 60 valence electrons. The molecule has 0 saturated carbocycles. The first-order valence-electron chi connectivity index (χ1n) is 3.35. The van der Waals surface area contributed by atoms with Crippen LogP contribution < -0.4 is 4.89 Å². The molecule has 1 rings (SSSR count). The minimum Gasteiger partial charge on any atom is -0.335 e. The van der Waals surface area contributed by atoms with Crippen LogP contribution in [0.1, 0.15) is 11.1 Å². The molecule has 1 atom stereocenters. The van der Waals surface area contributed by atoms with Gasteiger partial charge in [0.05, 0.1) is 9.47 Å². The summed E-state index contributed by atoms with van der Waals surface area (Å²) in [6.45, 7) is 4.03. The van der Waals surface area contributed by atoms with Crippen molar-refractivity contribution in [2.24, 2.45) is 0 Å². The zero-order chi connectivity index (χ0) is 8.27. The summed E-state index contributed by atoms with van der Waals surface area (Å²) in [6.07, 6.45) is 0. The summed E-state index contributed by atoms with van der Waals surface area (Å²) in [5, 5.41) is 0. The molecule has 0 aliphatic carbocycles. The normalized spacial score (nSPS) is 9.73. The van der Waals surface area contributed by atoms with Gasteiger partial charge >= 0.3 is 0 Å². The molecule has 1 aromatic carbocycles. The predicted octanol–water partition coefficient (Wildman–Crippen LogP) is 2.40. The summed E-state index contributed by atoms with van der Waals surface area (Å²) in [4.78, 5) is 4.88. The van der Waals surface area contributed by atoms with Crippen LogP contribution in [0.3, 0.4) is 0 Å². The van der Waals surface area contributed by atoms with E-state index in [-0.39, 0.29) is 0 Å². The topological polar surface area (TPSA) is 18.5 Å². The second-order valence-corrected chi connectivity index (χ2v) is 2.57. The molecule has 0 fully saturated rings. The summed E-state index contributed by atoms with van der Waals surface area (Å²) < 4.78 is 4.48. The molecule has 0 aromatic heterocycles.